The van der Waals surface area contributed by atoms with Crippen LogP contribution >= 0.6 is 11.8 Å². The second-order valence-corrected chi connectivity index (χ2v) is 9.86. The van der Waals surface area contributed by atoms with Crippen LogP contribution in [0.5, 0.6) is 11.5 Å². The van der Waals surface area contributed by atoms with E-state index in [0.717, 1.165) is 5.56 Å². The molecule has 1 heterocycles. The topological polar surface area (TPSA) is 122 Å². The summed E-state index contributed by atoms with van der Waals surface area (Å²) in [5.74, 6) is -0.164. The zero-order valence-corrected chi connectivity index (χ0v) is 23.0. The van der Waals surface area contributed by atoms with Gasteiger partial charge in [-0.2, -0.15) is 5.26 Å². The van der Waals surface area contributed by atoms with Crippen LogP contribution in [0.1, 0.15) is 29.3 Å². The molecule has 8 nitrogen and oxygen atoms in total. The molecule has 0 radical (unpaired) electrons. The summed E-state index contributed by atoms with van der Waals surface area (Å²) in [6, 6.07) is 25.0. The molecule has 0 spiro atoms. The molecule has 9 heteroatoms. The molecular formula is C31H27N3O5S. The number of carbonyl (C=O) groups is 2. The summed E-state index contributed by atoms with van der Waals surface area (Å²) in [6.45, 7) is 1.88. The molecule has 1 atom stereocenters. The number of benzene rings is 3. The van der Waals surface area contributed by atoms with E-state index in [2.05, 4.69) is 11.4 Å². The molecule has 40 heavy (non-hydrogen) atoms. The normalized spacial score (nSPS) is 11.2. The van der Waals surface area contributed by atoms with Crippen molar-refractivity contribution in [3.8, 4) is 40.0 Å². The number of hydrogen-bond donors (Lipinski definition) is 2. The monoisotopic (exact) mass is 553 g/mol. The Balaban J connectivity index is 1.78. The van der Waals surface area contributed by atoms with Gasteiger partial charge in [0, 0.05) is 22.4 Å². The van der Waals surface area contributed by atoms with E-state index in [-0.39, 0.29) is 11.5 Å². The minimum absolute atomic E-state index is 0.125. The number of rotatable bonds is 10. The van der Waals surface area contributed by atoms with Gasteiger partial charge < -0.3 is 19.9 Å². The molecule has 0 saturated heterocycles. The van der Waals surface area contributed by atoms with Gasteiger partial charge in [-0.15, -0.1) is 0 Å². The number of nitriles is 1. The first kappa shape index (κ1) is 28.2. The van der Waals surface area contributed by atoms with Crippen LogP contribution in [0.3, 0.4) is 0 Å². The van der Waals surface area contributed by atoms with Crippen LogP contribution in [-0.4, -0.2) is 41.4 Å². The van der Waals surface area contributed by atoms with Crippen molar-refractivity contribution in [3.63, 3.8) is 0 Å². The highest BCUT2D eigenvalue weighted by Crippen LogP contribution is 2.41. The van der Waals surface area contributed by atoms with Crippen molar-refractivity contribution in [1.82, 2.24) is 4.98 Å². The second-order valence-electron chi connectivity index (χ2n) is 8.67. The van der Waals surface area contributed by atoms with E-state index in [1.165, 1.54) is 23.9 Å². The summed E-state index contributed by atoms with van der Waals surface area (Å²) >= 11 is 1.20. The Morgan fingerprint density at radius 3 is 2.33 bits per heavy atom. The zero-order valence-electron chi connectivity index (χ0n) is 22.2. The first-order chi connectivity index (χ1) is 19.4. The summed E-state index contributed by atoms with van der Waals surface area (Å²) in [5.41, 5.74) is 3.68. The Kier molecular flexibility index (Phi) is 9.04. The first-order valence-electron chi connectivity index (χ1n) is 12.4. The highest BCUT2D eigenvalue weighted by Gasteiger charge is 2.25. The molecular weight excluding hydrogens is 526 g/mol. The van der Waals surface area contributed by atoms with E-state index in [4.69, 9.17) is 19.6 Å². The summed E-state index contributed by atoms with van der Waals surface area (Å²) in [4.78, 5) is 29.2. The lowest BCUT2D eigenvalue weighted by Gasteiger charge is -2.18. The molecule has 2 N–H and O–H groups in total. The summed E-state index contributed by atoms with van der Waals surface area (Å²) in [6.07, 6.45) is 0.462. The van der Waals surface area contributed by atoms with Crippen LogP contribution in [0.25, 0.3) is 22.4 Å². The van der Waals surface area contributed by atoms with Gasteiger partial charge in [0.15, 0.2) is 0 Å². The molecule has 202 valence electrons. The van der Waals surface area contributed by atoms with Gasteiger partial charge in [-0.1, -0.05) is 49.0 Å². The van der Waals surface area contributed by atoms with E-state index in [0.29, 0.717) is 51.0 Å². The van der Waals surface area contributed by atoms with E-state index in [1.807, 2.05) is 49.4 Å². The number of ether oxygens (including phenoxy) is 2. The molecule has 0 saturated carbocycles. The molecule has 1 aromatic heterocycles. The lowest BCUT2D eigenvalue weighted by atomic mass is 9.98. The van der Waals surface area contributed by atoms with Crippen LogP contribution < -0.4 is 14.8 Å². The summed E-state index contributed by atoms with van der Waals surface area (Å²) < 4.78 is 11.1. The average Bonchev–Trinajstić information content (AvgIpc) is 2.99. The van der Waals surface area contributed by atoms with E-state index in [1.54, 1.807) is 38.5 Å². The maximum absolute atomic E-state index is 13.3. The predicted molar refractivity (Wildman–Crippen MR) is 155 cm³/mol. The predicted octanol–water partition coefficient (Wildman–Crippen LogP) is 6.51. The number of nitrogens with one attached hydrogen (secondary N) is 1. The van der Waals surface area contributed by atoms with E-state index >= 15 is 0 Å². The second kappa shape index (κ2) is 12.8. The molecule has 0 bridgehead atoms. The third kappa shape index (κ3) is 6.25. The van der Waals surface area contributed by atoms with Crippen LogP contribution in [0.4, 0.5) is 5.69 Å². The minimum Gasteiger partial charge on any atom is -0.497 e. The first-order valence-corrected chi connectivity index (χ1v) is 13.3. The van der Waals surface area contributed by atoms with Crippen molar-refractivity contribution in [3.05, 3.63) is 90.0 Å². The van der Waals surface area contributed by atoms with Gasteiger partial charge in [-0.25, -0.2) is 9.78 Å². The number of carboxylic acid groups (broad SMARTS) is 1. The highest BCUT2D eigenvalue weighted by atomic mass is 32.2. The molecule has 0 aliphatic rings. The Bertz CT molecular complexity index is 1570. The third-order valence-electron chi connectivity index (χ3n) is 6.18. The number of amides is 1. The van der Waals surface area contributed by atoms with Gasteiger partial charge in [0.05, 0.1) is 36.3 Å². The maximum atomic E-state index is 13.3. The number of anilines is 1. The van der Waals surface area contributed by atoms with Crippen molar-refractivity contribution in [1.29, 1.82) is 5.26 Å². The number of carbonyl (C=O) groups excluding carboxylic acids is 1. The van der Waals surface area contributed by atoms with Gasteiger partial charge in [-0.05, 0) is 55.0 Å². The minimum atomic E-state index is -1.04. The quantitative estimate of drug-likeness (QED) is 0.213. The number of nitrogens with zero attached hydrogens (tertiary/aromatic N) is 2. The molecule has 0 aliphatic carbocycles. The molecule has 0 fully saturated rings. The third-order valence-corrected chi connectivity index (χ3v) is 7.53. The van der Waals surface area contributed by atoms with E-state index in [9.17, 15) is 14.9 Å². The zero-order chi connectivity index (χ0) is 28.6. The fraction of sp³-hybridized carbons (Fsp3) is 0.161. The van der Waals surface area contributed by atoms with Crippen molar-refractivity contribution in [2.24, 2.45) is 0 Å². The van der Waals surface area contributed by atoms with E-state index < -0.39 is 11.2 Å². The summed E-state index contributed by atoms with van der Waals surface area (Å²) in [5, 5.41) is 22.1. The molecule has 1 amide bonds. The van der Waals surface area contributed by atoms with Gasteiger partial charge in [-0.3, -0.25) is 4.79 Å². The summed E-state index contributed by atoms with van der Waals surface area (Å²) in [7, 11) is 3.13. The lowest BCUT2D eigenvalue weighted by molar-refractivity contribution is -0.115. The number of thioether (sulfide) groups is 1. The SMILES string of the molecule is CCC(Sc1nc(-c2ccccc2)cc(-c2cc(OC)ccc2OC)c1C#N)C(=O)Nc1ccc(C(=O)O)cc1. The molecule has 0 aliphatic heterocycles. The van der Waals surface area contributed by atoms with Gasteiger partial charge in [0.1, 0.15) is 22.6 Å². The fourth-order valence-electron chi connectivity index (χ4n) is 4.08. The van der Waals surface area contributed by atoms with Gasteiger partial charge in [0.25, 0.3) is 0 Å². The smallest absolute Gasteiger partial charge is 0.335 e. The van der Waals surface area contributed by atoms with Crippen LogP contribution in [-0.2, 0) is 4.79 Å². The number of aromatic carboxylic acids is 1. The molecule has 3 aromatic carbocycles. The number of hydrogen-bond acceptors (Lipinski definition) is 7. The fourth-order valence-corrected chi connectivity index (χ4v) is 5.11. The number of aromatic nitrogens is 1. The van der Waals surface area contributed by atoms with Gasteiger partial charge in [0.2, 0.25) is 5.91 Å². The molecule has 1 unspecified atom stereocenters. The van der Waals surface area contributed by atoms with Crippen molar-refractivity contribution < 1.29 is 24.2 Å². The van der Waals surface area contributed by atoms with Crippen molar-refractivity contribution in [2.75, 3.05) is 19.5 Å². The maximum Gasteiger partial charge on any atom is 0.335 e. The number of carboxylic acids is 1. The highest BCUT2D eigenvalue weighted by molar-refractivity contribution is 8.00. The van der Waals surface area contributed by atoms with Crippen molar-refractivity contribution >= 4 is 29.3 Å². The molecule has 4 rings (SSSR count). The standard InChI is InChI=1S/C31H27N3O5S/c1-4-28(29(35)33-21-12-10-20(11-13-21)31(36)37)40-30-25(18-32)23(17-26(34-30)19-8-6-5-7-9-19)24-16-22(38-2)14-15-27(24)39-3/h5-17,28H,4H2,1-3H3,(H,33,35)(H,36,37). The van der Waals surface area contributed by atoms with Crippen LogP contribution in [0, 0.1) is 11.3 Å². The molecule has 4 aromatic rings. The van der Waals surface area contributed by atoms with Crippen LogP contribution in [0.15, 0.2) is 83.9 Å². The largest absolute Gasteiger partial charge is 0.497 e. The van der Waals surface area contributed by atoms with Crippen LogP contribution in [0.2, 0.25) is 0 Å². The Morgan fingerprint density at radius 1 is 1.00 bits per heavy atom. The lowest BCUT2D eigenvalue weighted by Crippen LogP contribution is -2.25. The Hall–Kier alpha value is -4.81. The Morgan fingerprint density at radius 2 is 1.73 bits per heavy atom. The number of pyridine rings is 1. The Labute approximate surface area is 236 Å². The van der Waals surface area contributed by atoms with Gasteiger partial charge >= 0.3 is 5.97 Å². The van der Waals surface area contributed by atoms with Crippen molar-refractivity contribution in [2.45, 2.75) is 23.6 Å². The average molecular weight is 554 g/mol. The number of methoxy groups -OCH3 is 2.